The molecule has 19 heavy (non-hydrogen) atoms. The Bertz CT molecular complexity index is 522. The second-order valence-electron chi connectivity index (χ2n) is 3.80. The molecule has 0 radical (unpaired) electrons. The van der Waals surface area contributed by atoms with E-state index < -0.39 is 6.09 Å². The predicted molar refractivity (Wildman–Crippen MR) is 69.5 cm³/mol. The van der Waals surface area contributed by atoms with Crippen LogP contribution in [0, 0.1) is 11.3 Å². The van der Waals surface area contributed by atoms with Crippen molar-refractivity contribution in [2.45, 2.75) is 12.8 Å². The van der Waals surface area contributed by atoms with Gasteiger partial charge in [0.15, 0.2) is 0 Å². The zero-order valence-electron chi connectivity index (χ0n) is 10.1. The van der Waals surface area contributed by atoms with E-state index in [1.54, 1.807) is 12.1 Å². The lowest BCUT2D eigenvalue weighted by molar-refractivity contribution is -0.116. The Kier molecular flexibility index (Phi) is 5.17. The van der Waals surface area contributed by atoms with Crippen molar-refractivity contribution in [3.05, 3.63) is 23.8 Å². The fourth-order valence-corrected chi connectivity index (χ4v) is 1.39. The molecule has 0 bridgehead atoms. The molecule has 1 aromatic rings. The smallest absolute Gasteiger partial charge is 0.404 e. The lowest BCUT2D eigenvalue weighted by Gasteiger charge is -2.08. The van der Waals surface area contributed by atoms with Crippen molar-refractivity contribution in [2.75, 3.05) is 17.6 Å². The van der Waals surface area contributed by atoms with Crippen LogP contribution in [0.5, 0.6) is 0 Å². The number of nitriles is 1. The number of carbonyl (C=O) groups excluding carboxylic acids is 1. The molecule has 0 heterocycles. The van der Waals surface area contributed by atoms with Gasteiger partial charge in [-0.15, -0.1) is 0 Å². The first-order chi connectivity index (χ1) is 9.02. The highest BCUT2D eigenvalue weighted by molar-refractivity contribution is 5.94. The van der Waals surface area contributed by atoms with Gasteiger partial charge in [0.1, 0.15) is 0 Å². The Morgan fingerprint density at radius 2 is 2.16 bits per heavy atom. The number of amides is 2. The maximum Gasteiger partial charge on any atom is 0.404 e. The maximum absolute atomic E-state index is 11.6. The Morgan fingerprint density at radius 1 is 1.42 bits per heavy atom. The quantitative estimate of drug-likeness (QED) is 0.467. The minimum atomic E-state index is -1.12. The van der Waals surface area contributed by atoms with Gasteiger partial charge in [0.2, 0.25) is 5.91 Å². The summed E-state index contributed by atoms with van der Waals surface area (Å²) in [5.74, 6) is -0.283. The second-order valence-corrected chi connectivity index (χ2v) is 3.80. The molecule has 0 unspecified atom stereocenters. The van der Waals surface area contributed by atoms with E-state index in [0.29, 0.717) is 23.4 Å². The molecule has 5 N–H and O–H groups in total. The summed E-state index contributed by atoms with van der Waals surface area (Å²) in [6.07, 6.45) is -0.571. The average Bonchev–Trinajstić information content (AvgIpc) is 2.37. The third-order valence-electron chi connectivity index (χ3n) is 2.31. The van der Waals surface area contributed by atoms with Gasteiger partial charge in [0.25, 0.3) is 0 Å². The number of carboxylic acid groups (broad SMARTS) is 1. The molecule has 100 valence electrons. The summed E-state index contributed by atoms with van der Waals surface area (Å²) in [4.78, 5) is 21.8. The summed E-state index contributed by atoms with van der Waals surface area (Å²) >= 11 is 0. The van der Waals surface area contributed by atoms with Crippen molar-refractivity contribution in [3.63, 3.8) is 0 Å². The summed E-state index contributed by atoms with van der Waals surface area (Å²) in [6.45, 7) is 0.205. The van der Waals surface area contributed by atoms with Crippen molar-refractivity contribution in [2.24, 2.45) is 0 Å². The van der Waals surface area contributed by atoms with Crippen LogP contribution in [-0.4, -0.2) is 23.7 Å². The molecule has 0 spiro atoms. The van der Waals surface area contributed by atoms with E-state index in [2.05, 4.69) is 10.6 Å². The van der Waals surface area contributed by atoms with Gasteiger partial charge in [-0.3, -0.25) is 4.79 Å². The van der Waals surface area contributed by atoms with E-state index in [1.807, 2.05) is 6.07 Å². The normalized spacial score (nSPS) is 9.42. The number of nitrogens with zero attached hydrogens (tertiary/aromatic N) is 1. The number of anilines is 2. The van der Waals surface area contributed by atoms with Crippen LogP contribution in [-0.2, 0) is 4.79 Å². The Morgan fingerprint density at radius 3 is 2.79 bits per heavy atom. The van der Waals surface area contributed by atoms with Crippen LogP contribution in [0.15, 0.2) is 18.2 Å². The standard InChI is InChI=1S/C12H14N4O3/c13-7-8-3-4-9(14)10(6-8)16-11(17)2-1-5-15-12(18)19/h3-4,6,15H,1-2,5,14H2,(H,16,17)(H,18,19). The Labute approximate surface area is 110 Å². The number of benzene rings is 1. The summed E-state index contributed by atoms with van der Waals surface area (Å²) in [7, 11) is 0. The molecule has 0 aliphatic rings. The lowest BCUT2D eigenvalue weighted by Crippen LogP contribution is -2.23. The van der Waals surface area contributed by atoms with Crippen molar-refractivity contribution in [1.29, 1.82) is 5.26 Å². The number of nitrogens with one attached hydrogen (secondary N) is 2. The SMILES string of the molecule is N#Cc1ccc(N)c(NC(=O)CCCNC(=O)O)c1. The lowest BCUT2D eigenvalue weighted by atomic mass is 10.2. The Balaban J connectivity index is 2.48. The van der Waals surface area contributed by atoms with Gasteiger partial charge < -0.3 is 21.5 Å². The number of hydrogen-bond acceptors (Lipinski definition) is 4. The number of carbonyl (C=O) groups is 2. The molecule has 0 saturated heterocycles. The molecule has 0 aliphatic carbocycles. The summed E-state index contributed by atoms with van der Waals surface area (Å²) in [6, 6.07) is 6.54. The van der Waals surface area contributed by atoms with Crippen LogP contribution in [0.2, 0.25) is 0 Å². The number of nitrogens with two attached hydrogens (primary N) is 1. The van der Waals surface area contributed by atoms with Crippen LogP contribution >= 0.6 is 0 Å². The molecular formula is C12H14N4O3. The van der Waals surface area contributed by atoms with Gasteiger partial charge in [-0.05, 0) is 24.6 Å². The minimum absolute atomic E-state index is 0.163. The molecule has 7 heteroatoms. The van der Waals surface area contributed by atoms with Crippen molar-refractivity contribution in [1.82, 2.24) is 5.32 Å². The average molecular weight is 262 g/mol. The topological polar surface area (TPSA) is 128 Å². The van der Waals surface area contributed by atoms with Gasteiger partial charge in [-0.1, -0.05) is 0 Å². The highest BCUT2D eigenvalue weighted by Gasteiger charge is 2.06. The monoisotopic (exact) mass is 262 g/mol. The first kappa shape index (κ1) is 14.3. The third kappa shape index (κ3) is 4.95. The van der Waals surface area contributed by atoms with E-state index in [9.17, 15) is 9.59 Å². The molecule has 1 rings (SSSR count). The summed E-state index contributed by atoms with van der Waals surface area (Å²) in [5.41, 5.74) is 6.83. The van der Waals surface area contributed by atoms with E-state index in [-0.39, 0.29) is 18.9 Å². The molecule has 0 aromatic heterocycles. The van der Waals surface area contributed by atoms with E-state index in [1.165, 1.54) is 6.07 Å². The van der Waals surface area contributed by atoms with Gasteiger partial charge >= 0.3 is 6.09 Å². The van der Waals surface area contributed by atoms with Crippen LogP contribution < -0.4 is 16.4 Å². The first-order valence-electron chi connectivity index (χ1n) is 5.59. The van der Waals surface area contributed by atoms with E-state index in [4.69, 9.17) is 16.1 Å². The van der Waals surface area contributed by atoms with E-state index in [0.717, 1.165) is 0 Å². The van der Waals surface area contributed by atoms with Crippen molar-refractivity contribution < 1.29 is 14.7 Å². The fourth-order valence-electron chi connectivity index (χ4n) is 1.39. The first-order valence-corrected chi connectivity index (χ1v) is 5.59. The zero-order valence-corrected chi connectivity index (χ0v) is 10.1. The summed E-state index contributed by atoms with van der Waals surface area (Å²) < 4.78 is 0. The number of nitrogen functional groups attached to an aromatic ring is 1. The number of rotatable bonds is 5. The largest absolute Gasteiger partial charge is 0.465 e. The van der Waals surface area contributed by atoms with Gasteiger partial charge in [-0.25, -0.2) is 4.79 Å². The molecule has 0 aliphatic heterocycles. The predicted octanol–water partition coefficient (Wildman–Crippen LogP) is 1.13. The third-order valence-corrected chi connectivity index (χ3v) is 2.31. The van der Waals surface area contributed by atoms with Crippen LogP contribution in [0.25, 0.3) is 0 Å². The maximum atomic E-state index is 11.6. The van der Waals surface area contributed by atoms with Crippen molar-refractivity contribution >= 4 is 23.4 Å². The zero-order chi connectivity index (χ0) is 14.3. The molecule has 2 amide bonds. The van der Waals surface area contributed by atoms with E-state index >= 15 is 0 Å². The van der Waals surface area contributed by atoms with Gasteiger partial charge in [0, 0.05) is 13.0 Å². The number of hydrogen-bond donors (Lipinski definition) is 4. The van der Waals surface area contributed by atoms with Crippen molar-refractivity contribution in [3.8, 4) is 6.07 Å². The molecule has 0 atom stereocenters. The molecule has 1 aromatic carbocycles. The second kappa shape index (κ2) is 6.86. The van der Waals surface area contributed by atoms with Gasteiger partial charge in [0.05, 0.1) is 23.0 Å². The molecule has 0 saturated carbocycles. The summed E-state index contributed by atoms with van der Waals surface area (Å²) in [5, 5.41) is 21.8. The van der Waals surface area contributed by atoms with Crippen LogP contribution in [0.4, 0.5) is 16.2 Å². The van der Waals surface area contributed by atoms with Crippen LogP contribution in [0.3, 0.4) is 0 Å². The van der Waals surface area contributed by atoms with Crippen LogP contribution in [0.1, 0.15) is 18.4 Å². The minimum Gasteiger partial charge on any atom is -0.465 e. The Hall–Kier alpha value is -2.75. The fraction of sp³-hybridized carbons (Fsp3) is 0.250. The molecule has 7 nitrogen and oxygen atoms in total. The van der Waals surface area contributed by atoms with Gasteiger partial charge in [-0.2, -0.15) is 5.26 Å². The molecular weight excluding hydrogens is 248 g/mol. The molecule has 0 fully saturated rings. The highest BCUT2D eigenvalue weighted by Crippen LogP contribution is 2.19. The highest BCUT2D eigenvalue weighted by atomic mass is 16.4.